The molecule has 13 heavy (non-hydrogen) atoms. The van der Waals surface area contributed by atoms with Crippen molar-refractivity contribution in [3.05, 3.63) is 24.0 Å². The van der Waals surface area contributed by atoms with Gasteiger partial charge in [0.25, 0.3) is 0 Å². The predicted octanol–water partition coefficient (Wildman–Crippen LogP) is 1.56. The fraction of sp³-hybridized carbons (Fsp3) is 0.500. The van der Waals surface area contributed by atoms with E-state index in [2.05, 4.69) is 4.98 Å². The Morgan fingerprint density at radius 3 is 2.77 bits per heavy atom. The van der Waals surface area contributed by atoms with Gasteiger partial charge >= 0.3 is 0 Å². The number of ether oxygens (including phenoxy) is 1. The van der Waals surface area contributed by atoms with Gasteiger partial charge in [0.1, 0.15) is 0 Å². The Morgan fingerprint density at radius 1 is 1.31 bits per heavy atom. The van der Waals surface area contributed by atoms with Crippen molar-refractivity contribution in [1.82, 2.24) is 4.98 Å². The molecular weight excluding hydrogens is 164 g/mol. The monoisotopic (exact) mass is 178 g/mol. The van der Waals surface area contributed by atoms with Crippen LogP contribution in [0.2, 0.25) is 0 Å². The molecule has 0 amide bonds. The van der Waals surface area contributed by atoms with Crippen molar-refractivity contribution in [2.24, 2.45) is 0 Å². The highest BCUT2D eigenvalue weighted by Gasteiger charge is 2.15. The summed E-state index contributed by atoms with van der Waals surface area (Å²) in [5.41, 5.74) is 7.68. The van der Waals surface area contributed by atoms with E-state index in [0.29, 0.717) is 5.92 Å². The third-order valence-electron chi connectivity index (χ3n) is 2.47. The molecule has 2 rings (SSSR count). The van der Waals surface area contributed by atoms with Crippen molar-refractivity contribution < 1.29 is 4.74 Å². The second-order valence-electron chi connectivity index (χ2n) is 3.44. The minimum Gasteiger partial charge on any atom is -0.397 e. The fourth-order valence-electron chi connectivity index (χ4n) is 1.73. The summed E-state index contributed by atoms with van der Waals surface area (Å²) in [5.74, 6) is 0.588. The summed E-state index contributed by atoms with van der Waals surface area (Å²) in [6, 6.07) is 2.02. The Hall–Kier alpha value is -1.09. The summed E-state index contributed by atoms with van der Waals surface area (Å²) in [7, 11) is 0. The quantitative estimate of drug-likeness (QED) is 0.710. The standard InChI is InChI=1S/C10H14N2O/c11-10-5-9(6-12-7-10)8-1-3-13-4-2-8/h5-8H,1-4,11H2. The third kappa shape index (κ3) is 1.98. The first-order valence-corrected chi connectivity index (χ1v) is 4.64. The lowest BCUT2D eigenvalue weighted by Crippen LogP contribution is -2.14. The SMILES string of the molecule is Nc1cncc(C2CCOCC2)c1. The van der Waals surface area contributed by atoms with Crippen LogP contribution in [-0.4, -0.2) is 18.2 Å². The Balaban J connectivity index is 2.14. The van der Waals surface area contributed by atoms with Crippen LogP contribution in [0.3, 0.4) is 0 Å². The number of hydrogen-bond acceptors (Lipinski definition) is 3. The maximum absolute atomic E-state index is 5.67. The molecule has 1 fully saturated rings. The van der Waals surface area contributed by atoms with Crippen molar-refractivity contribution in [3.8, 4) is 0 Å². The van der Waals surface area contributed by atoms with E-state index >= 15 is 0 Å². The molecule has 0 spiro atoms. The minimum atomic E-state index is 0.588. The minimum absolute atomic E-state index is 0.588. The van der Waals surface area contributed by atoms with Crippen LogP contribution in [0.5, 0.6) is 0 Å². The Labute approximate surface area is 77.9 Å². The second kappa shape index (κ2) is 3.75. The van der Waals surface area contributed by atoms with E-state index in [9.17, 15) is 0 Å². The van der Waals surface area contributed by atoms with Gasteiger partial charge in [-0.15, -0.1) is 0 Å². The van der Waals surface area contributed by atoms with Gasteiger partial charge in [-0.3, -0.25) is 4.98 Å². The van der Waals surface area contributed by atoms with E-state index in [1.807, 2.05) is 12.3 Å². The molecular formula is C10H14N2O. The van der Waals surface area contributed by atoms with E-state index in [4.69, 9.17) is 10.5 Å². The number of nitrogens with zero attached hydrogens (tertiary/aromatic N) is 1. The molecule has 70 valence electrons. The highest BCUT2D eigenvalue weighted by Crippen LogP contribution is 2.26. The molecule has 1 aromatic heterocycles. The van der Waals surface area contributed by atoms with Crippen LogP contribution in [0.25, 0.3) is 0 Å². The number of nitrogen functional groups attached to an aromatic ring is 1. The number of nitrogens with two attached hydrogens (primary N) is 1. The Morgan fingerprint density at radius 2 is 2.08 bits per heavy atom. The van der Waals surface area contributed by atoms with Crippen LogP contribution < -0.4 is 5.73 Å². The van der Waals surface area contributed by atoms with E-state index in [-0.39, 0.29) is 0 Å². The molecule has 0 aliphatic carbocycles. The van der Waals surface area contributed by atoms with Crippen LogP contribution in [0.15, 0.2) is 18.5 Å². The highest BCUT2D eigenvalue weighted by atomic mass is 16.5. The van der Waals surface area contributed by atoms with Gasteiger partial charge in [-0.05, 0) is 30.4 Å². The summed E-state index contributed by atoms with van der Waals surface area (Å²) < 4.78 is 5.30. The lowest BCUT2D eigenvalue weighted by atomic mass is 9.93. The van der Waals surface area contributed by atoms with Crippen molar-refractivity contribution in [3.63, 3.8) is 0 Å². The summed E-state index contributed by atoms with van der Waals surface area (Å²) in [4.78, 5) is 4.09. The molecule has 0 saturated carbocycles. The average Bonchev–Trinajstić information content (AvgIpc) is 2.19. The summed E-state index contributed by atoms with van der Waals surface area (Å²) in [6.07, 6.45) is 5.77. The van der Waals surface area contributed by atoms with Crippen molar-refractivity contribution in [2.75, 3.05) is 18.9 Å². The molecule has 0 bridgehead atoms. The number of anilines is 1. The molecule has 3 nitrogen and oxygen atoms in total. The largest absolute Gasteiger partial charge is 0.397 e. The summed E-state index contributed by atoms with van der Waals surface area (Å²) in [5, 5.41) is 0. The lowest BCUT2D eigenvalue weighted by Gasteiger charge is -2.22. The summed E-state index contributed by atoms with van der Waals surface area (Å²) in [6.45, 7) is 1.72. The summed E-state index contributed by atoms with van der Waals surface area (Å²) >= 11 is 0. The van der Waals surface area contributed by atoms with Gasteiger partial charge in [-0.25, -0.2) is 0 Å². The number of rotatable bonds is 1. The number of aromatic nitrogens is 1. The lowest BCUT2D eigenvalue weighted by molar-refractivity contribution is 0.0853. The maximum Gasteiger partial charge on any atom is 0.0503 e. The van der Waals surface area contributed by atoms with Crippen molar-refractivity contribution in [2.45, 2.75) is 18.8 Å². The van der Waals surface area contributed by atoms with Gasteiger partial charge in [0.15, 0.2) is 0 Å². The molecule has 0 atom stereocenters. The van der Waals surface area contributed by atoms with Crippen LogP contribution >= 0.6 is 0 Å². The normalized spacial score (nSPS) is 18.8. The first kappa shape index (κ1) is 8.51. The van der Waals surface area contributed by atoms with Gasteiger partial charge < -0.3 is 10.5 Å². The smallest absolute Gasteiger partial charge is 0.0503 e. The molecule has 1 aliphatic rings. The molecule has 1 aromatic rings. The van der Waals surface area contributed by atoms with Gasteiger partial charge in [0.2, 0.25) is 0 Å². The zero-order chi connectivity index (χ0) is 9.10. The van der Waals surface area contributed by atoms with Crippen molar-refractivity contribution >= 4 is 5.69 Å². The van der Waals surface area contributed by atoms with E-state index in [0.717, 1.165) is 31.7 Å². The van der Waals surface area contributed by atoms with Crippen LogP contribution in [0.1, 0.15) is 24.3 Å². The zero-order valence-corrected chi connectivity index (χ0v) is 7.57. The van der Waals surface area contributed by atoms with Crippen LogP contribution in [-0.2, 0) is 4.74 Å². The number of pyridine rings is 1. The molecule has 2 heterocycles. The molecule has 0 radical (unpaired) electrons. The van der Waals surface area contributed by atoms with Crippen LogP contribution in [0.4, 0.5) is 5.69 Å². The predicted molar refractivity (Wildman–Crippen MR) is 51.4 cm³/mol. The molecule has 2 N–H and O–H groups in total. The Kier molecular flexibility index (Phi) is 2.45. The van der Waals surface area contributed by atoms with Gasteiger partial charge in [0.05, 0.1) is 5.69 Å². The topological polar surface area (TPSA) is 48.1 Å². The van der Waals surface area contributed by atoms with Gasteiger partial charge in [0, 0.05) is 25.6 Å². The van der Waals surface area contributed by atoms with Gasteiger partial charge in [-0.1, -0.05) is 0 Å². The molecule has 0 aromatic carbocycles. The molecule has 3 heteroatoms. The fourth-order valence-corrected chi connectivity index (χ4v) is 1.73. The third-order valence-corrected chi connectivity index (χ3v) is 2.47. The second-order valence-corrected chi connectivity index (χ2v) is 3.44. The van der Waals surface area contributed by atoms with E-state index in [1.54, 1.807) is 6.20 Å². The first-order valence-electron chi connectivity index (χ1n) is 4.64. The first-order chi connectivity index (χ1) is 6.36. The van der Waals surface area contributed by atoms with Gasteiger partial charge in [-0.2, -0.15) is 0 Å². The highest BCUT2D eigenvalue weighted by molar-refractivity contribution is 5.38. The van der Waals surface area contributed by atoms with E-state index < -0.39 is 0 Å². The number of hydrogen-bond donors (Lipinski definition) is 1. The van der Waals surface area contributed by atoms with Crippen LogP contribution in [0, 0.1) is 0 Å². The zero-order valence-electron chi connectivity index (χ0n) is 7.57. The Bertz CT molecular complexity index is 282. The van der Waals surface area contributed by atoms with E-state index in [1.165, 1.54) is 5.56 Å². The molecule has 1 saturated heterocycles. The van der Waals surface area contributed by atoms with Crippen molar-refractivity contribution in [1.29, 1.82) is 0 Å². The maximum atomic E-state index is 5.67. The average molecular weight is 178 g/mol. The molecule has 0 unspecified atom stereocenters. The molecule has 1 aliphatic heterocycles.